The number of hydrogen-bond donors (Lipinski definition) is 32. The fourth-order valence-electron chi connectivity index (χ4n) is 17.1. The van der Waals surface area contributed by atoms with E-state index in [-0.39, 0.29) is 0 Å². The highest BCUT2D eigenvalue weighted by Gasteiger charge is 2.62. The van der Waals surface area contributed by atoms with Gasteiger partial charge in [0.05, 0.1) is 71.2 Å². The quantitative estimate of drug-likeness (QED) is 0.0297. The number of aliphatic hydroxyl groups is 28. The number of carbonyl (C=O) groups is 4. The Kier molecular flexibility index (Phi) is 38.0. The van der Waals surface area contributed by atoms with Gasteiger partial charge in [-0.1, -0.05) is 0 Å². The zero-order valence-corrected chi connectivity index (χ0v) is 71.1. The first-order chi connectivity index (χ1) is 61.8. The maximum Gasteiger partial charge on any atom is 0.217 e. The van der Waals surface area contributed by atoms with E-state index >= 15 is 0 Å². The Morgan fingerprint density at radius 3 is 0.771 bits per heavy atom. The van der Waals surface area contributed by atoms with Gasteiger partial charge in [0.1, 0.15) is 250 Å². The Balaban J connectivity index is 0.889. The minimum absolute atomic E-state index is 0.903. The zero-order valence-electron chi connectivity index (χ0n) is 71.1. The summed E-state index contributed by atoms with van der Waals surface area (Å²) in [7, 11) is 0. The molecule has 0 radical (unpaired) electrons. The van der Waals surface area contributed by atoms with Crippen LogP contribution in [0.3, 0.4) is 0 Å². The SMILES string of the molecule is CC(=O)N[C@@H]1[C@@H](O[C@@H]2O[C@H](CO[C@@H]3O[C@H](CO)[C@@H](O[C@@H]4O[C@H](CO)[C@H](O)[C@H](O)[C@H]4O[C@@H]4O[C@@H](C)[C@@H](O)[C@@H](O)[C@@H]4O)[C@H](O)[C@H]3NC(C)=O)[C@H](O)[C@H](O[C@@H]3O[C@H](CO)[C@@H](O[C@@H]4O[C@H](CO)[C@H](O)[C@H](O)[C@H]4O[C@@H]4O[C@@H](C)[C@@H](O)[C@@H](O)[C@@H]4O)[C@H](O)[C@H]3NC(C)=O)[C@H]2O)[C@@H](O)[C@@H](CO[C@@H]2O[C@H](CO)[C@@H](O[C@@H]3O[C@H](CO)[C@H](O)[C@H](O)[C@H]3O[C@@H]3O[C@@H](C)[C@@H](O)[C@@H](O)[C@@H]3O)[C@H](O)[C@H]2NC(C)=O)O[C@@H]1O. The van der Waals surface area contributed by atoms with E-state index in [4.69, 9.17) is 99.5 Å². The zero-order chi connectivity index (χ0) is 96.4. The van der Waals surface area contributed by atoms with Crippen molar-refractivity contribution < 1.29 is 262 Å². The van der Waals surface area contributed by atoms with Crippen LogP contribution in [0.25, 0.3) is 0 Å². The highest BCUT2D eigenvalue weighted by molar-refractivity contribution is 5.74. The van der Waals surface area contributed by atoms with Crippen molar-refractivity contribution in [1.82, 2.24) is 21.3 Å². The molecule has 11 aliphatic rings. The second kappa shape index (κ2) is 46.3. The Morgan fingerprint density at radius 2 is 0.458 bits per heavy atom. The lowest BCUT2D eigenvalue weighted by atomic mass is 9.93. The van der Waals surface area contributed by atoms with Crippen LogP contribution in [0.15, 0.2) is 0 Å². The highest BCUT2D eigenvalue weighted by atomic mass is 16.8. The van der Waals surface area contributed by atoms with E-state index in [0.29, 0.717) is 0 Å². The largest absolute Gasteiger partial charge is 0.394 e. The van der Waals surface area contributed by atoms with Crippen molar-refractivity contribution in [3.05, 3.63) is 0 Å². The topological polar surface area (TPSA) is 877 Å². The first-order valence-corrected chi connectivity index (χ1v) is 42.2. The standard InChI is InChI=1S/C74H124N4O53/c1-16-35(89)46(100)52(106)68(113-16)129-61-49(103)38(92)23(8-79)117-72(61)124-56-26(11-82)120-65(31(43(56)97)75-19(4)85)111-14-29-41(95)59(34(64(110)116-29)78-22(7)88)127-71-55(109)60(128-67-33(77-21(6)87)45(99)58(28(13-84)122-67)126-74-63(51(105)40(94)25(10-81)119-74)131-70-54(108)48(102)37(91)18(3)115-70)42(96)30(123-71)15-112-66-32(76-20(5)86)44(98)57(27(12-83)121-66)125-73-62(50(104)39(93)24(9-80)118-73)130-69-53(107)47(101)36(90)17(2)114-69/h16-18,23-74,79-84,89-110H,8-15H2,1-7H3,(H,75,85)(H,76,86)(H,77,87)(H,78,88)/t16-,17-,18-,23+,24+,25+,26+,27+,28+,29+,30+,31+,32+,33+,34+,35+,36+,37+,38-,39-,40-,41-,42-,43+,44+,45+,46+,47+,48+,49-,50-,51-,52-,53-,54-,55+,56+,57+,58+,59+,60-,61+,62+,63+,64-,65+,66+,67-,68-,69-,70-,71-,72-,73-,74-/m0/s1. The van der Waals surface area contributed by atoms with Crippen LogP contribution >= 0.6 is 0 Å². The molecule has 4 amide bonds. The summed E-state index contributed by atoms with van der Waals surface area (Å²) in [6.45, 7) is -1.35. The Morgan fingerprint density at radius 1 is 0.214 bits per heavy atom. The third-order valence-corrected chi connectivity index (χ3v) is 24.5. The summed E-state index contributed by atoms with van der Waals surface area (Å²) in [5.41, 5.74) is 0. The first-order valence-electron chi connectivity index (χ1n) is 42.2. The van der Waals surface area contributed by atoms with Gasteiger partial charge in [0.15, 0.2) is 69.2 Å². The number of amides is 4. The fraction of sp³-hybridized carbons (Fsp3) is 0.946. The van der Waals surface area contributed by atoms with Crippen LogP contribution in [0.2, 0.25) is 0 Å². The van der Waals surface area contributed by atoms with E-state index in [1.165, 1.54) is 20.8 Å². The molecule has 758 valence electrons. The lowest BCUT2D eigenvalue weighted by molar-refractivity contribution is -0.392. The Bertz CT molecular complexity index is 3600. The minimum atomic E-state index is -2.59. The van der Waals surface area contributed by atoms with Crippen LogP contribution in [0.5, 0.6) is 0 Å². The van der Waals surface area contributed by atoms with Crippen LogP contribution in [0, 0.1) is 0 Å². The number of nitrogens with one attached hydrogen (secondary N) is 4. The second-order valence-electron chi connectivity index (χ2n) is 33.8. The molecule has 11 rings (SSSR count). The van der Waals surface area contributed by atoms with E-state index in [2.05, 4.69) is 21.3 Å². The second-order valence-corrected chi connectivity index (χ2v) is 33.8. The molecule has 11 aliphatic heterocycles. The number of rotatable bonds is 32. The molecular weight excluding hydrogens is 1790 g/mol. The van der Waals surface area contributed by atoms with E-state index in [0.717, 1.165) is 27.7 Å². The molecule has 55 atom stereocenters. The minimum Gasteiger partial charge on any atom is -0.394 e. The molecule has 0 aromatic carbocycles. The van der Waals surface area contributed by atoms with Gasteiger partial charge in [0, 0.05) is 27.7 Å². The molecule has 0 spiro atoms. The van der Waals surface area contributed by atoms with Gasteiger partial charge >= 0.3 is 0 Å². The average Bonchev–Trinajstić information content (AvgIpc) is 0.762. The van der Waals surface area contributed by atoms with E-state index in [1.54, 1.807) is 0 Å². The molecule has 0 saturated carbocycles. The summed E-state index contributed by atoms with van der Waals surface area (Å²) in [6.07, 6.45) is -102. The molecule has 0 unspecified atom stereocenters. The summed E-state index contributed by atoms with van der Waals surface area (Å²) in [5, 5.41) is 323. The van der Waals surface area contributed by atoms with Gasteiger partial charge in [-0.2, -0.15) is 0 Å². The van der Waals surface area contributed by atoms with Gasteiger partial charge in [-0.15, -0.1) is 0 Å². The molecule has 57 nitrogen and oxygen atoms in total. The summed E-state index contributed by atoms with van der Waals surface area (Å²) in [4.78, 5) is 52.7. The van der Waals surface area contributed by atoms with Crippen molar-refractivity contribution >= 4 is 23.6 Å². The summed E-state index contributed by atoms with van der Waals surface area (Å²) < 4.78 is 125. The predicted molar refractivity (Wildman–Crippen MR) is 404 cm³/mol. The van der Waals surface area contributed by atoms with Gasteiger partial charge in [0.25, 0.3) is 0 Å². The van der Waals surface area contributed by atoms with Gasteiger partial charge in [-0.05, 0) is 20.8 Å². The van der Waals surface area contributed by atoms with Crippen molar-refractivity contribution in [1.29, 1.82) is 0 Å². The van der Waals surface area contributed by atoms with E-state index in [9.17, 15) is 162 Å². The number of ether oxygens (including phenoxy) is 21. The van der Waals surface area contributed by atoms with Crippen LogP contribution < -0.4 is 21.3 Å². The fourth-order valence-corrected chi connectivity index (χ4v) is 17.1. The van der Waals surface area contributed by atoms with Gasteiger partial charge in [0.2, 0.25) is 23.6 Å². The smallest absolute Gasteiger partial charge is 0.217 e. The van der Waals surface area contributed by atoms with Gasteiger partial charge in [-0.3, -0.25) is 19.2 Å². The van der Waals surface area contributed by atoms with Crippen LogP contribution in [0.4, 0.5) is 0 Å². The third-order valence-electron chi connectivity index (χ3n) is 24.5. The van der Waals surface area contributed by atoms with Crippen molar-refractivity contribution in [2.24, 2.45) is 0 Å². The van der Waals surface area contributed by atoms with Crippen molar-refractivity contribution in [2.75, 3.05) is 52.9 Å². The Hall–Kier alpha value is -4.08. The van der Waals surface area contributed by atoms with Crippen molar-refractivity contribution in [2.45, 2.75) is 386 Å². The van der Waals surface area contributed by atoms with Crippen molar-refractivity contribution in [3.63, 3.8) is 0 Å². The molecule has 0 bridgehead atoms. The molecular formula is C74H124N4O53. The maximum absolute atomic E-state index is 13.3. The van der Waals surface area contributed by atoms with Crippen LogP contribution in [-0.2, 0) is 119 Å². The average molecular weight is 1920 g/mol. The van der Waals surface area contributed by atoms with E-state index < -0.39 is 414 Å². The lowest BCUT2D eigenvalue weighted by Gasteiger charge is -2.51. The molecule has 57 heteroatoms. The highest BCUT2D eigenvalue weighted by Crippen LogP contribution is 2.42. The normalized spacial score (nSPS) is 50.7. The molecule has 32 N–H and O–H groups in total. The van der Waals surface area contributed by atoms with Crippen LogP contribution in [-0.4, -0.2) is 557 Å². The predicted octanol–water partition coefficient (Wildman–Crippen LogP) is -21.3. The molecule has 11 heterocycles. The lowest BCUT2D eigenvalue weighted by Crippen LogP contribution is -2.71. The molecule has 11 fully saturated rings. The molecule has 0 aliphatic carbocycles. The monoisotopic (exact) mass is 1920 g/mol. The molecule has 11 saturated heterocycles. The maximum atomic E-state index is 13.3. The summed E-state index contributed by atoms with van der Waals surface area (Å²) >= 11 is 0. The van der Waals surface area contributed by atoms with E-state index in [1.807, 2.05) is 0 Å². The summed E-state index contributed by atoms with van der Waals surface area (Å²) in [6, 6.07) is -7.89. The summed E-state index contributed by atoms with van der Waals surface area (Å²) in [5.74, 6) is -3.89. The first kappa shape index (κ1) is 107. The number of aliphatic hydroxyl groups excluding tert-OH is 28. The number of hydrogen-bond acceptors (Lipinski definition) is 53. The molecule has 0 aromatic heterocycles. The van der Waals surface area contributed by atoms with Crippen LogP contribution in [0.1, 0.15) is 48.5 Å². The molecule has 131 heavy (non-hydrogen) atoms. The number of carbonyl (C=O) groups excluding carboxylic acids is 4. The molecule has 0 aromatic rings. The third kappa shape index (κ3) is 23.7. The van der Waals surface area contributed by atoms with Crippen molar-refractivity contribution in [3.8, 4) is 0 Å². The van der Waals surface area contributed by atoms with Gasteiger partial charge < -0.3 is 264 Å². The van der Waals surface area contributed by atoms with Gasteiger partial charge in [-0.25, -0.2) is 0 Å². The Labute approximate surface area is 743 Å².